The average Bonchev–Trinajstić information content (AvgIpc) is 2.53. The van der Waals surface area contributed by atoms with Crippen LogP contribution < -0.4 is 0 Å². The van der Waals surface area contributed by atoms with Gasteiger partial charge in [0, 0.05) is 0 Å². The summed E-state index contributed by atoms with van der Waals surface area (Å²) in [6.07, 6.45) is 23.9. The van der Waals surface area contributed by atoms with E-state index in [1.54, 1.807) is 6.16 Å². The SMILES string of the molecule is CCCCCCCCCCCCCC[PH](CC)(CC)CC.Cl. The van der Waals surface area contributed by atoms with Crippen molar-refractivity contribution in [3.63, 3.8) is 0 Å². The van der Waals surface area contributed by atoms with E-state index in [2.05, 4.69) is 27.7 Å². The van der Waals surface area contributed by atoms with E-state index in [9.17, 15) is 0 Å². The molecule has 0 bridgehead atoms. The first-order valence-corrected chi connectivity index (χ1v) is 13.1. The first kappa shape index (κ1) is 25.0. The van der Waals surface area contributed by atoms with Crippen LogP contribution in [0.2, 0.25) is 0 Å². The van der Waals surface area contributed by atoms with Crippen molar-refractivity contribution in [3.05, 3.63) is 0 Å². The Morgan fingerprint density at radius 1 is 0.455 bits per heavy atom. The van der Waals surface area contributed by atoms with Gasteiger partial charge >= 0.3 is 123 Å². The Bertz CT molecular complexity index is 194. The minimum absolute atomic E-state index is 0. The molecule has 0 saturated heterocycles. The van der Waals surface area contributed by atoms with Gasteiger partial charge in [0.15, 0.2) is 0 Å². The van der Waals surface area contributed by atoms with Gasteiger partial charge in [-0.2, -0.15) is 0 Å². The van der Waals surface area contributed by atoms with Crippen molar-refractivity contribution >= 4 is 19.7 Å². The van der Waals surface area contributed by atoms with E-state index in [1.165, 1.54) is 95.5 Å². The molecule has 0 aliphatic carbocycles. The van der Waals surface area contributed by atoms with Gasteiger partial charge in [-0.05, 0) is 0 Å². The van der Waals surface area contributed by atoms with Crippen LogP contribution >= 0.6 is 19.7 Å². The van der Waals surface area contributed by atoms with E-state index in [-0.39, 0.29) is 12.4 Å². The molecular formula is C20H46ClP. The molecule has 0 aliphatic heterocycles. The summed E-state index contributed by atoms with van der Waals surface area (Å²) < 4.78 is 0. The fourth-order valence-corrected chi connectivity index (χ4v) is 7.18. The van der Waals surface area contributed by atoms with Crippen LogP contribution in [0.3, 0.4) is 0 Å². The second kappa shape index (κ2) is 18.1. The maximum atomic E-state index is 2.44. The Morgan fingerprint density at radius 3 is 1.09 bits per heavy atom. The van der Waals surface area contributed by atoms with Gasteiger partial charge < -0.3 is 0 Å². The molecule has 0 nitrogen and oxygen atoms in total. The molecule has 22 heavy (non-hydrogen) atoms. The van der Waals surface area contributed by atoms with E-state index < -0.39 is 7.26 Å². The van der Waals surface area contributed by atoms with Gasteiger partial charge in [0.1, 0.15) is 0 Å². The molecule has 0 atom stereocenters. The molecule has 0 aromatic heterocycles. The third-order valence-corrected chi connectivity index (χ3v) is 11.7. The fraction of sp³-hybridized carbons (Fsp3) is 1.00. The summed E-state index contributed by atoms with van der Waals surface area (Å²) in [5.74, 6) is 0. The smallest absolute Gasteiger partial charge is 0.147 e. The van der Waals surface area contributed by atoms with Crippen LogP contribution in [0, 0.1) is 0 Å². The molecule has 2 heteroatoms. The Kier molecular flexibility index (Phi) is 20.5. The third kappa shape index (κ3) is 13.2. The molecule has 0 rings (SSSR count). The predicted octanol–water partition coefficient (Wildman–Crippen LogP) is 7.92. The zero-order valence-corrected chi connectivity index (χ0v) is 18.0. The van der Waals surface area contributed by atoms with Crippen LogP contribution in [0.5, 0.6) is 0 Å². The molecule has 0 N–H and O–H groups in total. The fourth-order valence-electron chi connectivity index (χ4n) is 3.62. The maximum Gasteiger partial charge on any atom is -0.147 e. The standard InChI is InChI=1S/C20H45P.ClH/c1-5-9-10-11-12-13-14-15-16-17-18-19-20-21(6-2,7-3)8-4;/h21H,5-20H2,1-4H3;1H. The van der Waals surface area contributed by atoms with E-state index in [0.717, 1.165) is 0 Å². The van der Waals surface area contributed by atoms with Crippen LogP contribution in [-0.4, -0.2) is 24.6 Å². The molecular weight excluding hydrogens is 307 g/mol. The second-order valence-corrected chi connectivity index (χ2v) is 12.8. The van der Waals surface area contributed by atoms with Gasteiger partial charge in [-0.1, -0.05) is 13.3 Å². The van der Waals surface area contributed by atoms with Gasteiger partial charge in [-0.15, -0.1) is 12.4 Å². The van der Waals surface area contributed by atoms with E-state index >= 15 is 0 Å². The zero-order chi connectivity index (χ0) is 15.8. The average molecular weight is 353 g/mol. The quantitative estimate of drug-likeness (QED) is 0.195. The summed E-state index contributed by atoms with van der Waals surface area (Å²) in [6, 6.07) is 0. The molecule has 0 spiro atoms. The van der Waals surface area contributed by atoms with E-state index in [0.29, 0.717) is 0 Å². The van der Waals surface area contributed by atoms with Gasteiger partial charge in [-0.25, -0.2) is 0 Å². The minimum atomic E-state index is -0.815. The zero-order valence-electron chi connectivity index (χ0n) is 16.2. The van der Waals surface area contributed by atoms with Gasteiger partial charge in [0.05, 0.1) is 0 Å². The predicted molar refractivity (Wildman–Crippen MR) is 113 cm³/mol. The second-order valence-electron chi connectivity index (χ2n) is 7.20. The molecule has 0 aromatic rings. The molecule has 0 unspecified atom stereocenters. The number of unbranched alkanes of at least 4 members (excludes halogenated alkanes) is 11. The summed E-state index contributed by atoms with van der Waals surface area (Å²) in [4.78, 5) is 0. The van der Waals surface area contributed by atoms with Crippen LogP contribution in [0.15, 0.2) is 0 Å². The van der Waals surface area contributed by atoms with Crippen molar-refractivity contribution in [1.29, 1.82) is 0 Å². The van der Waals surface area contributed by atoms with E-state index in [4.69, 9.17) is 0 Å². The first-order chi connectivity index (χ1) is 10.2. The van der Waals surface area contributed by atoms with Crippen molar-refractivity contribution in [3.8, 4) is 0 Å². The van der Waals surface area contributed by atoms with Crippen LogP contribution in [0.1, 0.15) is 105 Å². The van der Waals surface area contributed by atoms with Gasteiger partial charge in [-0.3, -0.25) is 0 Å². The normalized spacial score (nSPS) is 12.2. The van der Waals surface area contributed by atoms with E-state index in [1.807, 2.05) is 0 Å². The molecule has 0 saturated carbocycles. The Hall–Kier alpha value is 0.720. The minimum Gasteiger partial charge on any atom is -0.147 e. The molecule has 0 amide bonds. The van der Waals surface area contributed by atoms with Crippen molar-refractivity contribution in [2.45, 2.75) is 105 Å². The Labute approximate surface area is 149 Å². The Morgan fingerprint density at radius 2 is 0.773 bits per heavy atom. The van der Waals surface area contributed by atoms with Crippen molar-refractivity contribution in [2.75, 3.05) is 24.6 Å². The summed E-state index contributed by atoms with van der Waals surface area (Å²) in [6.45, 7) is 9.63. The number of rotatable bonds is 16. The molecule has 138 valence electrons. The molecule has 0 aliphatic rings. The largest absolute Gasteiger partial charge is 0.147 e. The molecule has 0 aromatic carbocycles. The first-order valence-electron chi connectivity index (χ1n) is 10.2. The summed E-state index contributed by atoms with van der Waals surface area (Å²) in [5, 5.41) is 0. The Balaban J connectivity index is 0. The number of hydrogen-bond acceptors (Lipinski definition) is 0. The monoisotopic (exact) mass is 352 g/mol. The van der Waals surface area contributed by atoms with Crippen LogP contribution in [0.4, 0.5) is 0 Å². The topological polar surface area (TPSA) is 0 Å². The summed E-state index contributed by atoms with van der Waals surface area (Å²) in [7, 11) is -0.815. The van der Waals surface area contributed by atoms with Gasteiger partial charge in [0.25, 0.3) is 0 Å². The molecule has 0 heterocycles. The van der Waals surface area contributed by atoms with Crippen LogP contribution in [-0.2, 0) is 0 Å². The third-order valence-electron chi connectivity index (χ3n) is 5.81. The molecule has 0 fully saturated rings. The summed E-state index contributed by atoms with van der Waals surface area (Å²) >= 11 is 0. The number of hydrogen-bond donors (Lipinski definition) is 0. The van der Waals surface area contributed by atoms with Gasteiger partial charge in [0.2, 0.25) is 0 Å². The molecule has 0 radical (unpaired) electrons. The van der Waals surface area contributed by atoms with Crippen molar-refractivity contribution in [1.82, 2.24) is 0 Å². The maximum absolute atomic E-state index is 2.44. The van der Waals surface area contributed by atoms with Crippen molar-refractivity contribution in [2.24, 2.45) is 0 Å². The number of halogens is 1. The summed E-state index contributed by atoms with van der Waals surface area (Å²) in [5.41, 5.74) is 0. The van der Waals surface area contributed by atoms with Crippen LogP contribution in [0.25, 0.3) is 0 Å². The van der Waals surface area contributed by atoms with Crippen molar-refractivity contribution < 1.29 is 0 Å².